The molecule has 27 heavy (non-hydrogen) atoms. The van der Waals surface area contributed by atoms with Crippen molar-refractivity contribution >= 4 is 44.8 Å². The molecule has 1 N–H and O–H groups in total. The number of amides is 1. The Morgan fingerprint density at radius 1 is 1.04 bits per heavy atom. The summed E-state index contributed by atoms with van der Waals surface area (Å²) in [5, 5.41) is 2.92. The second kappa shape index (κ2) is 8.56. The Kier molecular flexibility index (Phi) is 6.37. The fourth-order valence-electron chi connectivity index (χ4n) is 2.93. The smallest absolute Gasteiger partial charge is 0.275 e. The van der Waals surface area contributed by atoms with E-state index in [2.05, 4.69) is 10.3 Å². The van der Waals surface area contributed by atoms with Gasteiger partial charge in [0.2, 0.25) is 10.0 Å². The number of sulfonamides is 1. The fourth-order valence-corrected chi connectivity index (χ4v) is 4.84. The fraction of sp³-hybridized carbons (Fsp3) is 0.333. The van der Waals surface area contributed by atoms with Crippen LogP contribution in [0.1, 0.15) is 36.2 Å². The third-order valence-electron chi connectivity index (χ3n) is 4.32. The molecule has 1 aliphatic heterocycles. The highest BCUT2D eigenvalue weighted by atomic mass is 35.5. The number of carbonyl (C=O) groups excluding carboxylic acids is 1. The van der Waals surface area contributed by atoms with Crippen LogP contribution in [-0.2, 0) is 10.0 Å². The van der Waals surface area contributed by atoms with Gasteiger partial charge in [0.15, 0.2) is 0 Å². The maximum atomic E-state index is 12.9. The first-order valence-electron chi connectivity index (χ1n) is 8.61. The summed E-state index contributed by atoms with van der Waals surface area (Å²) < 4.78 is 27.3. The molecular formula is C18H19Cl2N3O3S. The first kappa shape index (κ1) is 20.1. The highest BCUT2D eigenvalue weighted by molar-refractivity contribution is 7.89. The Bertz CT molecular complexity index is 943. The highest BCUT2D eigenvalue weighted by Crippen LogP contribution is 2.24. The number of aromatic nitrogens is 1. The molecule has 1 aliphatic rings. The Labute approximate surface area is 168 Å². The first-order chi connectivity index (χ1) is 12.9. The third kappa shape index (κ3) is 4.79. The molecule has 1 fully saturated rings. The topological polar surface area (TPSA) is 79.4 Å². The van der Waals surface area contributed by atoms with Gasteiger partial charge in [-0.3, -0.25) is 4.79 Å². The van der Waals surface area contributed by atoms with Crippen LogP contribution in [0.2, 0.25) is 10.2 Å². The molecule has 2 heterocycles. The van der Waals surface area contributed by atoms with E-state index in [0.717, 1.165) is 25.7 Å². The minimum Gasteiger partial charge on any atom is -0.321 e. The van der Waals surface area contributed by atoms with E-state index in [1.807, 2.05) is 0 Å². The molecule has 0 spiro atoms. The summed E-state index contributed by atoms with van der Waals surface area (Å²) in [6.45, 7) is 1.03. The van der Waals surface area contributed by atoms with Crippen molar-refractivity contribution in [3.05, 3.63) is 52.3 Å². The Morgan fingerprint density at radius 3 is 2.44 bits per heavy atom. The van der Waals surface area contributed by atoms with Crippen LogP contribution in [-0.4, -0.2) is 36.7 Å². The van der Waals surface area contributed by atoms with E-state index >= 15 is 0 Å². The minimum atomic E-state index is -3.60. The summed E-state index contributed by atoms with van der Waals surface area (Å²) in [5.74, 6) is -0.563. The van der Waals surface area contributed by atoms with Gasteiger partial charge < -0.3 is 5.32 Å². The summed E-state index contributed by atoms with van der Waals surface area (Å²) in [7, 11) is -3.60. The van der Waals surface area contributed by atoms with Crippen molar-refractivity contribution in [2.45, 2.75) is 30.6 Å². The van der Waals surface area contributed by atoms with Crippen LogP contribution in [0.25, 0.3) is 0 Å². The standard InChI is InChI=1S/C18H19Cl2N3O3S/c19-15-8-9-16(20)22-17(15)18(24)21-13-6-5-7-14(12-13)27(25,26)23-10-3-1-2-4-11-23/h5-9,12H,1-4,10-11H2,(H,21,24). The SMILES string of the molecule is O=C(Nc1cccc(S(=O)(=O)N2CCCCCC2)c1)c1nc(Cl)ccc1Cl. The van der Waals surface area contributed by atoms with Crippen LogP contribution >= 0.6 is 23.2 Å². The van der Waals surface area contributed by atoms with Gasteiger partial charge in [-0.25, -0.2) is 13.4 Å². The highest BCUT2D eigenvalue weighted by Gasteiger charge is 2.25. The average molecular weight is 428 g/mol. The van der Waals surface area contributed by atoms with E-state index in [1.54, 1.807) is 12.1 Å². The van der Waals surface area contributed by atoms with Gasteiger partial charge in [-0.05, 0) is 43.2 Å². The van der Waals surface area contributed by atoms with Crippen LogP contribution < -0.4 is 5.32 Å². The molecule has 1 amide bonds. The quantitative estimate of drug-likeness (QED) is 0.741. The molecule has 0 radical (unpaired) electrons. The number of pyridine rings is 1. The average Bonchev–Trinajstić information content (AvgIpc) is 2.94. The Morgan fingerprint density at radius 2 is 1.74 bits per heavy atom. The van der Waals surface area contributed by atoms with E-state index in [4.69, 9.17) is 23.2 Å². The van der Waals surface area contributed by atoms with E-state index in [9.17, 15) is 13.2 Å². The molecule has 144 valence electrons. The summed E-state index contributed by atoms with van der Waals surface area (Å²) >= 11 is 11.8. The monoisotopic (exact) mass is 427 g/mol. The summed E-state index contributed by atoms with van der Waals surface area (Å²) in [6.07, 6.45) is 3.79. The Hall–Kier alpha value is -1.67. The van der Waals surface area contributed by atoms with Crippen LogP contribution in [0.15, 0.2) is 41.3 Å². The van der Waals surface area contributed by atoms with Crippen molar-refractivity contribution in [3.8, 4) is 0 Å². The van der Waals surface area contributed by atoms with Crippen molar-refractivity contribution in [1.82, 2.24) is 9.29 Å². The maximum absolute atomic E-state index is 12.9. The molecule has 0 aliphatic carbocycles. The summed E-state index contributed by atoms with van der Waals surface area (Å²) in [6, 6.07) is 9.13. The molecule has 2 aromatic rings. The van der Waals surface area contributed by atoms with Crippen LogP contribution in [0.4, 0.5) is 5.69 Å². The molecule has 1 aromatic heterocycles. The van der Waals surface area contributed by atoms with Crippen molar-refractivity contribution in [2.24, 2.45) is 0 Å². The predicted molar refractivity (Wildman–Crippen MR) is 106 cm³/mol. The Balaban J connectivity index is 1.83. The summed E-state index contributed by atoms with van der Waals surface area (Å²) in [4.78, 5) is 16.5. The van der Waals surface area contributed by atoms with Gasteiger partial charge in [0.05, 0.1) is 9.92 Å². The lowest BCUT2D eigenvalue weighted by atomic mass is 10.2. The van der Waals surface area contributed by atoms with Crippen molar-refractivity contribution in [2.75, 3.05) is 18.4 Å². The van der Waals surface area contributed by atoms with Gasteiger partial charge in [-0.2, -0.15) is 4.31 Å². The molecular weight excluding hydrogens is 409 g/mol. The second-order valence-corrected chi connectivity index (χ2v) is 9.00. The maximum Gasteiger partial charge on any atom is 0.275 e. The molecule has 0 bridgehead atoms. The van der Waals surface area contributed by atoms with E-state index in [1.165, 1.54) is 28.6 Å². The van der Waals surface area contributed by atoms with Crippen LogP contribution in [0.5, 0.6) is 0 Å². The molecule has 0 unspecified atom stereocenters. The molecule has 6 nitrogen and oxygen atoms in total. The lowest BCUT2D eigenvalue weighted by molar-refractivity contribution is 0.102. The number of rotatable bonds is 4. The summed E-state index contributed by atoms with van der Waals surface area (Å²) in [5.41, 5.74) is 0.318. The number of benzene rings is 1. The number of nitrogens with one attached hydrogen (secondary N) is 1. The van der Waals surface area contributed by atoms with Crippen molar-refractivity contribution in [1.29, 1.82) is 0 Å². The van der Waals surface area contributed by atoms with E-state index in [-0.39, 0.29) is 20.8 Å². The van der Waals surface area contributed by atoms with Gasteiger partial charge >= 0.3 is 0 Å². The van der Waals surface area contributed by atoms with Crippen molar-refractivity contribution < 1.29 is 13.2 Å². The molecule has 1 aromatic carbocycles. The number of hydrogen-bond donors (Lipinski definition) is 1. The molecule has 3 rings (SSSR count). The zero-order valence-electron chi connectivity index (χ0n) is 14.5. The number of nitrogens with zero attached hydrogens (tertiary/aromatic N) is 2. The second-order valence-electron chi connectivity index (χ2n) is 6.26. The lowest BCUT2D eigenvalue weighted by Gasteiger charge is -2.20. The zero-order valence-corrected chi connectivity index (χ0v) is 16.8. The van der Waals surface area contributed by atoms with Crippen LogP contribution in [0.3, 0.4) is 0 Å². The van der Waals surface area contributed by atoms with E-state index in [0.29, 0.717) is 18.8 Å². The van der Waals surface area contributed by atoms with Gasteiger partial charge in [-0.1, -0.05) is 42.1 Å². The minimum absolute atomic E-state index is 0.0232. The van der Waals surface area contributed by atoms with Crippen molar-refractivity contribution in [3.63, 3.8) is 0 Å². The number of hydrogen-bond acceptors (Lipinski definition) is 4. The third-order valence-corrected chi connectivity index (χ3v) is 6.73. The van der Waals surface area contributed by atoms with Gasteiger partial charge in [0, 0.05) is 18.8 Å². The number of carbonyl (C=O) groups is 1. The molecule has 0 atom stereocenters. The van der Waals surface area contributed by atoms with Crippen LogP contribution in [0, 0.1) is 0 Å². The molecule has 0 saturated carbocycles. The van der Waals surface area contributed by atoms with E-state index < -0.39 is 15.9 Å². The number of anilines is 1. The predicted octanol–water partition coefficient (Wildman–Crippen LogP) is 4.21. The molecule has 9 heteroatoms. The van der Waals surface area contributed by atoms with Gasteiger partial charge in [0.1, 0.15) is 10.8 Å². The van der Waals surface area contributed by atoms with Gasteiger partial charge in [-0.15, -0.1) is 0 Å². The number of halogens is 2. The lowest BCUT2D eigenvalue weighted by Crippen LogP contribution is -2.32. The first-order valence-corrected chi connectivity index (χ1v) is 10.8. The zero-order chi connectivity index (χ0) is 19.4. The largest absolute Gasteiger partial charge is 0.321 e. The molecule has 1 saturated heterocycles. The normalized spacial score (nSPS) is 15.9. The van der Waals surface area contributed by atoms with Gasteiger partial charge in [0.25, 0.3) is 5.91 Å².